The van der Waals surface area contributed by atoms with E-state index in [0.29, 0.717) is 24.7 Å². The molecule has 0 amide bonds. The summed E-state index contributed by atoms with van der Waals surface area (Å²) in [6.45, 7) is 1.13. The second kappa shape index (κ2) is 7.30. The van der Waals surface area contributed by atoms with E-state index in [-0.39, 0.29) is 11.6 Å². The van der Waals surface area contributed by atoms with Crippen LogP contribution in [0.4, 0.5) is 24.7 Å². The van der Waals surface area contributed by atoms with Crippen LogP contribution < -0.4 is 10.2 Å². The third-order valence-electron chi connectivity index (χ3n) is 5.19. The SMILES string of the molecule is N#Cc1c(N2CCCC(Nc3ccnc(C4CC4)n3)C2)cccc1C(F)(F)F. The zero-order valence-electron chi connectivity index (χ0n) is 15.2. The number of benzene rings is 1. The second-order valence-electron chi connectivity index (χ2n) is 7.31. The van der Waals surface area contributed by atoms with Crippen LogP contribution in [0.2, 0.25) is 0 Å². The van der Waals surface area contributed by atoms with Gasteiger partial charge in [-0.3, -0.25) is 0 Å². The van der Waals surface area contributed by atoms with E-state index in [0.717, 1.165) is 43.4 Å². The Labute approximate surface area is 161 Å². The lowest BCUT2D eigenvalue weighted by Gasteiger charge is -2.35. The van der Waals surface area contributed by atoms with Gasteiger partial charge in [-0.05, 0) is 43.9 Å². The fraction of sp³-hybridized carbons (Fsp3) is 0.450. The van der Waals surface area contributed by atoms with Gasteiger partial charge in [0.2, 0.25) is 0 Å². The highest BCUT2D eigenvalue weighted by Gasteiger charge is 2.35. The zero-order valence-corrected chi connectivity index (χ0v) is 15.2. The number of hydrogen-bond donors (Lipinski definition) is 1. The lowest BCUT2D eigenvalue weighted by Crippen LogP contribution is -2.42. The number of aromatic nitrogens is 2. The van der Waals surface area contributed by atoms with E-state index in [1.54, 1.807) is 18.3 Å². The van der Waals surface area contributed by atoms with Crippen molar-refractivity contribution in [1.29, 1.82) is 5.26 Å². The first-order chi connectivity index (χ1) is 13.5. The molecule has 2 aliphatic rings. The Hall–Kier alpha value is -2.82. The van der Waals surface area contributed by atoms with Gasteiger partial charge in [0.25, 0.3) is 0 Å². The number of hydrogen-bond acceptors (Lipinski definition) is 5. The molecule has 0 bridgehead atoms. The number of nitriles is 1. The molecule has 4 rings (SSSR count). The van der Waals surface area contributed by atoms with Crippen LogP contribution in [-0.2, 0) is 6.18 Å². The number of halogens is 3. The monoisotopic (exact) mass is 387 g/mol. The first kappa shape index (κ1) is 18.5. The fourth-order valence-corrected chi connectivity index (χ4v) is 3.67. The molecule has 5 nitrogen and oxygen atoms in total. The molecule has 8 heteroatoms. The topological polar surface area (TPSA) is 64.8 Å². The average Bonchev–Trinajstić information content (AvgIpc) is 3.52. The molecule has 1 N–H and O–H groups in total. The number of nitrogens with one attached hydrogen (secondary N) is 1. The van der Waals surface area contributed by atoms with Crippen molar-refractivity contribution in [2.75, 3.05) is 23.3 Å². The van der Waals surface area contributed by atoms with Crippen molar-refractivity contribution in [3.05, 3.63) is 47.4 Å². The van der Waals surface area contributed by atoms with Crippen molar-refractivity contribution in [3.63, 3.8) is 0 Å². The van der Waals surface area contributed by atoms with Crippen LogP contribution >= 0.6 is 0 Å². The van der Waals surface area contributed by atoms with E-state index >= 15 is 0 Å². The van der Waals surface area contributed by atoms with Crippen molar-refractivity contribution < 1.29 is 13.2 Å². The van der Waals surface area contributed by atoms with E-state index in [9.17, 15) is 18.4 Å². The predicted octanol–water partition coefficient (Wildman–Crippen LogP) is 4.33. The predicted molar refractivity (Wildman–Crippen MR) is 99.0 cm³/mol. The van der Waals surface area contributed by atoms with Gasteiger partial charge >= 0.3 is 6.18 Å². The van der Waals surface area contributed by atoms with Crippen molar-refractivity contribution in [2.45, 2.75) is 43.8 Å². The lowest BCUT2D eigenvalue weighted by molar-refractivity contribution is -0.137. The molecular weight excluding hydrogens is 367 g/mol. The summed E-state index contributed by atoms with van der Waals surface area (Å²) in [7, 11) is 0. The van der Waals surface area contributed by atoms with Gasteiger partial charge in [-0.25, -0.2) is 9.97 Å². The largest absolute Gasteiger partial charge is 0.417 e. The molecule has 2 heterocycles. The maximum atomic E-state index is 13.3. The lowest BCUT2D eigenvalue weighted by atomic mass is 10.0. The van der Waals surface area contributed by atoms with Gasteiger partial charge in [0.05, 0.1) is 16.8 Å². The number of rotatable bonds is 4. The molecule has 0 spiro atoms. The second-order valence-corrected chi connectivity index (χ2v) is 7.31. The standard InChI is InChI=1S/C20H20F3N5/c21-20(22,23)16-4-1-5-17(15(16)11-24)28-10-2-3-14(12-28)26-18-8-9-25-19(27-18)13-6-7-13/h1,4-5,8-9,13-14H,2-3,6-7,10,12H2,(H,25,26,27). The average molecular weight is 387 g/mol. The van der Waals surface area contributed by atoms with Crippen LogP contribution in [0.3, 0.4) is 0 Å². The summed E-state index contributed by atoms with van der Waals surface area (Å²) >= 11 is 0. The molecule has 146 valence electrons. The quantitative estimate of drug-likeness (QED) is 0.846. The fourth-order valence-electron chi connectivity index (χ4n) is 3.67. The van der Waals surface area contributed by atoms with Gasteiger partial charge in [-0.1, -0.05) is 6.07 Å². The van der Waals surface area contributed by atoms with Crippen LogP contribution in [0.1, 0.15) is 48.6 Å². The summed E-state index contributed by atoms with van der Waals surface area (Å²) in [6, 6.07) is 7.52. The summed E-state index contributed by atoms with van der Waals surface area (Å²) in [5.74, 6) is 2.04. The highest BCUT2D eigenvalue weighted by molar-refractivity contribution is 5.63. The molecular formula is C20H20F3N5. The first-order valence-corrected chi connectivity index (χ1v) is 9.40. The van der Waals surface area contributed by atoms with Crippen molar-refractivity contribution >= 4 is 11.5 Å². The molecule has 2 aromatic rings. The number of piperidine rings is 1. The molecule has 1 aliphatic carbocycles. The Morgan fingerprint density at radius 1 is 1.18 bits per heavy atom. The molecule has 1 saturated heterocycles. The minimum Gasteiger partial charge on any atom is -0.368 e. The van der Waals surface area contributed by atoms with Crippen molar-refractivity contribution in [1.82, 2.24) is 9.97 Å². The summed E-state index contributed by atoms with van der Waals surface area (Å²) in [5.41, 5.74) is -0.855. The van der Waals surface area contributed by atoms with Crippen molar-refractivity contribution in [2.24, 2.45) is 0 Å². The Morgan fingerprint density at radius 3 is 2.71 bits per heavy atom. The number of nitrogens with zero attached hydrogens (tertiary/aromatic N) is 4. The van der Waals surface area contributed by atoms with Crippen LogP contribution in [-0.4, -0.2) is 29.1 Å². The van der Waals surface area contributed by atoms with Crippen LogP contribution in [0.15, 0.2) is 30.5 Å². The maximum Gasteiger partial charge on any atom is 0.417 e. The zero-order chi connectivity index (χ0) is 19.7. The van der Waals surface area contributed by atoms with Gasteiger partial charge in [-0.2, -0.15) is 18.4 Å². The molecule has 1 aromatic carbocycles. The van der Waals surface area contributed by atoms with Crippen molar-refractivity contribution in [3.8, 4) is 6.07 Å². The summed E-state index contributed by atoms with van der Waals surface area (Å²) in [6.07, 6.45) is 1.14. The van der Waals surface area contributed by atoms with Gasteiger partial charge in [0, 0.05) is 31.2 Å². The van der Waals surface area contributed by atoms with Crippen LogP contribution in [0.25, 0.3) is 0 Å². The Balaban J connectivity index is 1.53. The molecule has 0 radical (unpaired) electrons. The third kappa shape index (κ3) is 3.88. The highest BCUT2D eigenvalue weighted by atomic mass is 19.4. The van der Waals surface area contributed by atoms with E-state index in [1.165, 1.54) is 6.07 Å². The van der Waals surface area contributed by atoms with E-state index in [4.69, 9.17) is 0 Å². The minimum atomic E-state index is -4.55. The third-order valence-corrected chi connectivity index (χ3v) is 5.19. The summed E-state index contributed by atoms with van der Waals surface area (Å²) in [5, 5.41) is 12.8. The number of anilines is 2. The molecule has 1 atom stereocenters. The highest BCUT2D eigenvalue weighted by Crippen LogP contribution is 2.38. The molecule has 1 aromatic heterocycles. The normalized spacial score (nSPS) is 19.9. The Kier molecular flexibility index (Phi) is 4.84. The molecule has 28 heavy (non-hydrogen) atoms. The van der Waals surface area contributed by atoms with Crippen LogP contribution in [0.5, 0.6) is 0 Å². The van der Waals surface area contributed by atoms with Gasteiger partial charge in [0.1, 0.15) is 17.7 Å². The maximum absolute atomic E-state index is 13.3. The van der Waals surface area contributed by atoms with Gasteiger partial charge < -0.3 is 10.2 Å². The molecule has 1 saturated carbocycles. The smallest absolute Gasteiger partial charge is 0.368 e. The Bertz CT molecular complexity index is 901. The molecule has 1 unspecified atom stereocenters. The number of alkyl halides is 3. The Morgan fingerprint density at radius 2 is 2.00 bits per heavy atom. The van der Waals surface area contributed by atoms with E-state index in [1.807, 2.05) is 11.0 Å². The van der Waals surface area contributed by atoms with E-state index < -0.39 is 11.7 Å². The van der Waals surface area contributed by atoms with E-state index in [2.05, 4.69) is 15.3 Å². The first-order valence-electron chi connectivity index (χ1n) is 9.40. The minimum absolute atomic E-state index is 0.0387. The van der Waals surface area contributed by atoms with Gasteiger partial charge in [0.15, 0.2) is 0 Å². The summed E-state index contributed by atoms with van der Waals surface area (Å²) in [4.78, 5) is 10.7. The molecule has 2 fully saturated rings. The van der Waals surface area contributed by atoms with Crippen LogP contribution in [0, 0.1) is 11.3 Å². The molecule has 1 aliphatic heterocycles. The summed E-state index contributed by atoms with van der Waals surface area (Å²) < 4.78 is 39.8. The van der Waals surface area contributed by atoms with Gasteiger partial charge in [-0.15, -0.1) is 0 Å².